The lowest BCUT2D eigenvalue weighted by Gasteiger charge is -2.45. The maximum atomic E-state index is 5.72. The number of benzene rings is 4. The first kappa shape index (κ1) is 42.3. The van der Waals surface area contributed by atoms with Crippen molar-refractivity contribution in [3.8, 4) is 0 Å². The molecule has 2 aliphatic carbocycles. The fourth-order valence-corrected chi connectivity index (χ4v) is 14.5. The standard InChI is InChI=1S/C58H66BN3S2/c1-33-28-44-47-52(60-33)62(37-19-21-41-43(32-37)58(14,15)27-25-56(41,10)11)49-39-30-35(54(5,6)7)17-23-46(39)64-51(49)59(47)50-48(38-29-34(53(2,3)4)16-22-45(38)63-50)61(44)36-18-20-40-42(31-36)57(12,13)26-24-55(40,8)9/h16-23,28-32H,24-27H2,1-15H3. The summed E-state index contributed by atoms with van der Waals surface area (Å²) >= 11 is 4.01. The molecule has 0 fully saturated rings. The summed E-state index contributed by atoms with van der Waals surface area (Å²) in [7, 11) is 0. The van der Waals surface area contributed by atoms with E-state index in [0.717, 1.165) is 11.5 Å². The van der Waals surface area contributed by atoms with E-state index < -0.39 is 0 Å². The molecule has 0 saturated heterocycles. The van der Waals surface area contributed by atoms with Crippen LogP contribution < -0.4 is 24.8 Å². The quantitative estimate of drug-likeness (QED) is 0.161. The van der Waals surface area contributed by atoms with Crippen LogP contribution in [0.3, 0.4) is 0 Å². The van der Waals surface area contributed by atoms with Gasteiger partial charge in [0.2, 0.25) is 0 Å². The Morgan fingerprint density at radius 3 is 1.39 bits per heavy atom. The highest BCUT2D eigenvalue weighted by atomic mass is 32.1. The summed E-state index contributed by atoms with van der Waals surface area (Å²) in [6.45, 7) is 35.9. The van der Waals surface area contributed by atoms with Crippen LogP contribution in [0.1, 0.15) is 162 Å². The average molecular weight is 880 g/mol. The fourth-order valence-electron chi connectivity index (χ4n) is 11.8. The van der Waals surface area contributed by atoms with E-state index in [1.54, 1.807) is 0 Å². The highest BCUT2D eigenvalue weighted by molar-refractivity contribution is 7.40. The Hall–Kier alpha value is -4.39. The van der Waals surface area contributed by atoms with Crippen molar-refractivity contribution in [2.45, 2.75) is 162 Å². The van der Waals surface area contributed by atoms with Crippen LogP contribution in [0.2, 0.25) is 0 Å². The molecule has 7 aromatic rings. The summed E-state index contributed by atoms with van der Waals surface area (Å²) in [5.74, 6) is 1.07. The van der Waals surface area contributed by atoms with E-state index in [2.05, 4.69) is 193 Å². The normalized spacial score (nSPS) is 19.0. The number of fused-ring (bicyclic) bond motifs is 10. The van der Waals surface area contributed by atoms with Crippen LogP contribution in [-0.2, 0) is 32.5 Å². The molecule has 2 aliphatic heterocycles. The lowest BCUT2D eigenvalue weighted by Crippen LogP contribution is -2.59. The summed E-state index contributed by atoms with van der Waals surface area (Å²) in [5.41, 5.74) is 17.9. The van der Waals surface area contributed by atoms with Gasteiger partial charge in [0.05, 0.1) is 11.4 Å². The molecule has 0 unspecified atom stereocenters. The lowest BCUT2D eigenvalue weighted by atomic mass is 9.39. The molecule has 6 heteroatoms. The van der Waals surface area contributed by atoms with Crippen molar-refractivity contribution in [3.05, 3.63) is 118 Å². The smallest absolute Gasteiger partial charge is 0.279 e. The Balaban J connectivity index is 1.26. The minimum Gasteiger partial charge on any atom is -0.310 e. The minimum absolute atomic E-state index is 0.0112. The molecule has 3 nitrogen and oxygen atoms in total. The first-order valence-electron chi connectivity index (χ1n) is 23.9. The largest absolute Gasteiger partial charge is 0.310 e. The molecular weight excluding hydrogens is 814 g/mol. The second-order valence-electron chi connectivity index (χ2n) is 24.7. The Kier molecular flexibility index (Phi) is 8.83. The van der Waals surface area contributed by atoms with Crippen LogP contribution in [0.5, 0.6) is 0 Å². The molecule has 0 saturated carbocycles. The zero-order valence-corrected chi connectivity index (χ0v) is 42.7. The second-order valence-corrected chi connectivity index (χ2v) is 26.8. The van der Waals surface area contributed by atoms with Gasteiger partial charge in [-0.3, -0.25) is 4.90 Å². The van der Waals surface area contributed by atoms with Gasteiger partial charge in [-0.25, -0.2) is 4.98 Å². The summed E-state index contributed by atoms with van der Waals surface area (Å²) in [6.07, 6.45) is 4.75. The number of rotatable bonds is 2. The van der Waals surface area contributed by atoms with Gasteiger partial charge in [0.1, 0.15) is 5.82 Å². The van der Waals surface area contributed by atoms with Gasteiger partial charge in [-0.15, -0.1) is 22.7 Å². The summed E-state index contributed by atoms with van der Waals surface area (Å²) in [6, 6.07) is 32.0. The summed E-state index contributed by atoms with van der Waals surface area (Å²) in [5, 5.41) is 2.69. The molecule has 5 heterocycles. The maximum Gasteiger partial charge on any atom is 0.279 e. The number of aryl methyl sites for hydroxylation is 1. The van der Waals surface area contributed by atoms with E-state index in [0.29, 0.717) is 0 Å². The zero-order chi connectivity index (χ0) is 45.4. The van der Waals surface area contributed by atoms with Gasteiger partial charge in [0.25, 0.3) is 6.71 Å². The highest BCUT2D eigenvalue weighted by Gasteiger charge is 2.49. The van der Waals surface area contributed by atoms with Crippen LogP contribution in [0.15, 0.2) is 78.9 Å². The van der Waals surface area contributed by atoms with E-state index in [4.69, 9.17) is 4.98 Å². The monoisotopic (exact) mass is 879 g/mol. The van der Waals surface area contributed by atoms with Crippen molar-refractivity contribution in [1.29, 1.82) is 0 Å². The highest BCUT2D eigenvalue weighted by Crippen LogP contribution is 2.54. The van der Waals surface area contributed by atoms with E-state index >= 15 is 0 Å². The maximum absolute atomic E-state index is 5.72. The average Bonchev–Trinajstić information content (AvgIpc) is 3.79. The van der Waals surface area contributed by atoms with Gasteiger partial charge >= 0.3 is 0 Å². The molecule has 0 amide bonds. The molecule has 0 bridgehead atoms. The first-order chi connectivity index (χ1) is 29.9. The third-order valence-electron chi connectivity index (χ3n) is 16.2. The number of aromatic nitrogens is 1. The number of anilines is 6. The van der Waals surface area contributed by atoms with Crippen LogP contribution in [0.25, 0.3) is 20.2 Å². The molecule has 64 heavy (non-hydrogen) atoms. The molecule has 0 atom stereocenters. The zero-order valence-electron chi connectivity index (χ0n) is 41.1. The SMILES string of the molecule is Cc1cc2c3c(n1)N(c1ccc4c(c1)C(C)(C)CCC4(C)C)c1c(sc4ccc(C(C)(C)C)cc14)B3c1sc3ccc(C(C)(C)C)cc3c1N2c1ccc2c(c1)C(C)(C)CCC2(C)C. The molecule has 3 aromatic heterocycles. The molecule has 0 radical (unpaired) electrons. The molecular formula is C58H66BN3S2. The van der Waals surface area contributed by atoms with Crippen LogP contribution >= 0.6 is 22.7 Å². The van der Waals surface area contributed by atoms with Crippen molar-refractivity contribution in [2.24, 2.45) is 0 Å². The number of pyridine rings is 1. The Morgan fingerprint density at radius 1 is 0.516 bits per heavy atom. The number of hydrogen-bond donors (Lipinski definition) is 0. The van der Waals surface area contributed by atoms with E-state index in [9.17, 15) is 0 Å². The van der Waals surface area contributed by atoms with Gasteiger partial charge in [0.15, 0.2) is 0 Å². The fraction of sp³-hybridized carbons (Fsp3) is 0.431. The van der Waals surface area contributed by atoms with Crippen LogP contribution in [0.4, 0.5) is 34.3 Å². The van der Waals surface area contributed by atoms with Crippen LogP contribution in [-0.4, -0.2) is 11.7 Å². The first-order valence-corrected chi connectivity index (χ1v) is 25.5. The topological polar surface area (TPSA) is 19.4 Å². The van der Waals surface area contributed by atoms with E-state index in [-0.39, 0.29) is 39.2 Å². The van der Waals surface area contributed by atoms with Crippen molar-refractivity contribution in [2.75, 3.05) is 9.80 Å². The van der Waals surface area contributed by atoms with Crippen molar-refractivity contribution >= 4 is 98.8 Å². The van der Waals surface area contributed by atoms with Gasteiger partial charge in [-0.05, 0) is 159 Å². The Bertz CT molecular complexity index is 2920. The Morgan fingerprint density at radius 2 is 0.938 bits per heavy atom. The number of thiophene rings is 2. The molecule has 0 N–H and O–H groups in total. The summed E-state index contributed by atoms with van der Waals surface area (Å²) in [4.78, 5) is 11.0. The van der Waals surface area contributed by atoms with Gasteiger partial charge in [0, 0.05) is 52.5 Å². The van der Waals surface area contributed by atoms with Gasteiger partial charge < -0.3 is 4.90 Å². The predicted molar refractivity (Wildman–Crippen MR) is 282 cm³/mol. The van der Waals surface area contributed by atoms with Crippen molar-refractivity contribution in [1.82, 2.24) is 4.98 Å². The third kappa shape index (κ3) is 6.13. The second kappa shape index (κ2) is 13.4. The third-order valence-corrected chi connectivity index (χ3v) is 18.6. The van der Waals surface area contributed by atoms with Crippen molar-refractivity contribution < 1.29 is 0 Å². The van der Waals surface area contributed by atoms with E-state index in [1.165, 1.54) is 123 Å². The van der Waals surface area contributed by atoms with Crippen molar-refractivity contribution in [3.63, 3.8) is 0 Å². The molecule has 328 valence electrons. The predicted octanol–water partition coefficient (Wildman–Crippen LogP) is 15.2. The number of nitrogens with zero attached hydrogens (tertiary/aromatic N) is 3. The molecule has 4 aliphatic rings. The Labute approximate surface area is 391 Å². The van der Waals surface area contributed by atoms with Gasteiger partial charge in [-0.2, -0.15) is 0 Å². The summed E-state index contributed by atoms with van der Waals surface area (Å²) < 4.78 is 5.54. The molecule has 4 aromatic carbocycles. The molecule has 0 spiro atoms. The van der Waals surface area contributed by atoms with Crippen LogP contribution in [0, 0.1) is 6.92 Å². The van der Waals surface area contributed by atoms with E-state index in [1.807, 2.05) is 22.7 Å². The minimum atomic E-state index is 0.0112. The lowest BCUT2D eigenvalue weighted by molar-refractivity contribution is 0.332. The van der Waals surface area contributed by atoms with Gasteiger partial charge in [-0.1, -0.05) is 121 Å². The number of hydrogen-bond acceptors (Lipinski definition) is 5. The molecule has 11 rings (SSSR count).